The van der Waals surface area contributed by atoms with Crippen molar-refractivity contribution >= 4 is 0 Å². The summed E-state index contributed by atoms with van der Waals surface area (Å²) in [5.74, 6) is -0.253. The van der Waals surface area contributed by atoms with E-state index in [0.717, 1.165) is 0 Å². The van der Waals surface area contributed by atoms with E-state index in [9.17, 15) is 9.50 Å². The molecule has 1 nitrogen and oxygen atoms in total. The molecule has 0 heterocycles. The van der Waals surface area contributed by atoms with Crippen molar-refractivity contribution in [3.05, 3.63) is 35.1 Å². The standard InChI is InChI=1S/C8H8FO/c1-6-4-7(5-10)2-3-8(6)9/h2-4H,5H2,1H3. The Morgan fingerprint density at radius 3 is 2.70 bits per heavy atom. The van der Waals surface area contributed by atoms with Crippen molar-refractivity contribution in [1.82, 2.24) is 0 Å². The van der Waals surface area contributed by atoms with Gasteiger partial charge in [0, 0.05) is 0 Å². The van der Waals surface area contributed by atoms with Gasteiger partial charge in [0.2, 0.25) is 0 Å². The number of halogens is 1. The van der Waals surface area contributed by atoms with Crippen LogP contribution in [0.5, 0.6) is 0 Å². The molecule has 0 aliphatic carbocycles. The first kappa shape index (κ1) is 7.22. The number of aryl methyl sites for hydroxylation is 1. The van der Waals surface area contributed by atoms with Crippen molar-refractivity contribution in [2.45, 2.75) is 13.5 Å². The molecule has 0 fully saturated rings. The topological polar surface area (TPSA) is 19.9 Å². The van der Waals surface area contributed by atoms with Gasteiger partial charge in [-0.2, -0.15) is 0 Å². The number of hydrogen-bond donors (Lipinski definition) is 0. The van der Waals surface area contributed by atoms with E-state index >= 15 is 0 Å². The highest BCUT2D eigenvalue weighted by Crippen LogP contribution is 2.08. The van der Waals surface area contributed by atoms with Gasteiger partial charge >= 0.3 is 0 Å². The average molecular weight is 139 g/mol. The fourth-order valence-electron chi connectivity index (χ4n) is 0.797. The Balaban J connectivity index is 3.04. The summed E-state index contributed by atoms with van der Waals surface area (Å²) in [4.78, 5) is 0. The maximum absolute atomic E-state index is 12.5. The van der Waals surface area contributed by atoms with E-state index in [-0.39, 0.29) is 12.4 Å². The average Bonchev–Trinajstić information content (AvgIpc) is 1.95. The predicted molar refractivity (Wildman–Crippen MR) is 35.5 cm³/mol. The molecule has 10 heavy (non-hydrogen) atoms. The summed E-state index contributed by atoms with van der Waals surface area (Å²) >= 11 is 0. The molecule has 0 aliphatic rings. The minimum absolute atomic E-state index is 0.253. The van der Waals surface area contributed by atoms with Gasteiger partial charge in [0.15, 0.2) is 0 Å². The quantitative estimate of drug-likeness (QED) is 0.567. The molecule has 0 saturated heterocycles. The van der Waals surface area contributed by atoms with Crippen molar-refractivity contribution in [3.8, 4) is 0 Å². The van der Waals surface area contributed by atoms with Crippen LogP contribution in [0.3, 0.4) is 0 Å². The molecular formula is C8H8FO. The van der Waals surface area contributed by atoms with E-state index < -0.39 is 0 Å². The second kappa shape index (κ2) is 2.80. The van der Waals surface area contributed by atoms with Crippen molar-refractivity contribution in [1.29, 1.82) is 0 Å². The highest BCUT2D eigenvalue weighted by Gasteiger charge is 1.96. The molecule has 0 bridgehead atoms. The maximum Gasteiger partial charge on any atom is 0.126 e. The van der Waals surface area contributed by atoms with Crippen LogP contribution in [0.1, 0.15) is 11.1 Å². The van der Waals surface area contributed by atoms with Gasteiger partial charge in [0.25, 0.3) is 0 Å². The normalized spacial score (nSPS) is 9.90. The summed E-state index contributed by atoms with van der Waals surface area (Å²) in [5.41, 5.74) is 1.17. The number of hydrogen-bond acceptors (Lipinski definition) is 0. The fraction of sp³-hybridized carbons (Fsp3) is 0.250. The lowest BCUT2D eigenvalue weighted by molar-refractivity contribution is 0.177. The summed E-state index contributed by atoms with van der Waals surface area (Å²) in [6.45, 7) is 1.37. The molecular weight excluding hydrogens is 131 g/mol. The van der Waals surface area contributed by atoms with Crippen molar-refractivity contribution in [2.24, 2.45) is 0 Å². The van der Waals surface area contributed by atoms with Crippen molar-refractivity contribution in [2.75, 3.05) is 0 Å². The predicted octanol–water partition coefficient (Wildman–Crippen LogP) is 2.06. The van der Waals surface area contributed by atoms with Crippen LogP contribution in [-0.2, 0) is 11.7 Å². The molecule has 0 saturated carbocycles. The third kappa shape index (κ3) is 1.33. The van der Waals surface area contributed by atoms with Gasteiger partial charge in [-0.05, 0) is 24.1 Å². The van der Waals surface area contributed by atoms with Crippen LogP contribution in [0.25, 0.3) is 0 Å². The Morgan fingerprint density at radius 2 is 2.20 bits per heavy atom. The van der Waals surface area contributed by atoms with Crippen LogP contribution >= 0.6 is 0 Å². The SMILES string of the molecule is Cc1cc(C[O])ccc1F. The van der Waals surface area contributed by atoms with Crippen LogP contribution < -0.4 is 0 Å². The van der Waals surface area contributed by atoms with Crippen molar-refractivity contribution < 1.29 is 9.50 Å². The van der Waals surface area contributed by atoms with Crippen LogP contribution in [0.15, 0.2) is 18.2 Å². The molecule has 1 aromatic carbocycles. The summed E-state index contributed by atoms with van der Waals surface area (Å²) in [6, 6.07) is 4.40. The fourth-order valence-corrected chi connectivity index (χ4v) is 0.797. The summed E-state index contributed by atoms with van der Waals surface area (Å²) in [5, 5.41) is 10.3. The smallest absolute Gasteiger partial charge is 0.126 e. The van der Waals surface area contributed by atoms with Crippen molar-refractivity contribution in [3.63, 3.8) is 0 Å². The van der Waals surface area contributed by atoms with Gasteiger partial charge in [-0.3, -0.25) is 0 Å². The number of rotatable bonds is 1. The maximum atomic E-state index is 12.5. The molecule has 2 heteroatoms. The zero-order valence-electron chi connectivity index (χ0n) is 5.73. The van der Waals surface area contributed by atoms with Gasteiger partial charge < -0.3 is 0 Å². The van der Waals surface area contributed by atoms with E-state index in [0.29, 0.717) is 11.1 Å². The van der Waals surface area contributed by atoms with Gasteiger partial charge in [-0.25, -0.2) is 9.50 Å². The molecule has 0 N–H and O–H groups in total. The monoisotopic (exact) mass is 139 g/mol. The van der Waals surface area contributed by atoms with Crippen LogP contribution in [-0.4, -0.2) is 0 Å². The Hall–Kier alpha value is -0.890. The molecule has 0 unspecified atom stereocenters. The highest BCUT2D eigenvalue weighted by atomic mass is 19.1. The molecule has 0 aliphatic heterocycles. The Morgan fingerprint density at radius 1 is 1.50 bits per heavy atom. The minimum Gasteiger partial charge on any atom is -0.232 e. The van der Waals surface area contributed by atoms with E-state index in [4.69, 9.17) is 0 Å². The molecule has 1 rings (SSSR count). The first-order chi connectivity index (χ1) is 4.74. The lowest BCUT2D eigenvalue weighted by Gasteiger charge is -1.97. The largest absolute Gasteiger partial charge is 0.232 e. The van der Waals surface area contributed by atoms with Gasteiger partial charge in [0.05, 0.1) is 0 Å². The molecule has 53 valence electrons. The minimum atomic E-state index is -0.277. The molecule has 0 atom stereocenters. The van der Waals surface area contributed by atoms with Gasteiger partial charge in [-0.15, -0.1) is 0 Å². The first-order valence-corrected chi connectivity index (χ1v) is 3.07. The Kier molecular flexibility index (Phi) is 2.02. The first-order valence-electron chi connectivity index (χ1n) is 3.07. The Bertz CT molecular complexity index is 233. The molecule has 1 radical (unpaired) electrons. The van der Waals surface area contributed by atoms with E-state index in [1.807, 2.05) is 0 Å². The summed E-state index contributed by atoms with van der Waals surface area (Å²) in [6.07, 6.45) is 0. The van der Waals surface area contributed by atoms with Crippen LogP contribution in [0.2, 0.25) is 0 Å². The summed E-state index contributed by atoms with van der Waals surface area (Å²) in [7, 11) is 0. The van der Waals surface area contributed by atoms with E-state index in [2.05, 4.69) is 0 Å². The third-order valence-corrected chi connectivity index (χ3v) is 1.39. The molecule has 0 amide bonds. The lowest BCUT2D eigenvalue weighted by atomic mass is 10.1. The van der Waals surface area contributed by atoms with Gasteiger partial charge in [0.1, 0.15) is 12.4 Å². The number of benzene rings is 1. The second-order valence-corrected chi connectivity index (χ2v) is 2.23. The molecule has 1 aromatic rings. The Labute approximate surface area is 59.1 Å². The van der Waals surface area contributed by atoms with E-state index in [1.165, 1.54) is 12.1 Å². The molecule has 0 aromatic heterocycles. The lowest BCUT2D eigenvalue weighted by Crippen LogP contribution is -1.86. The second-order valence-electron chi connectivity index (χ2n) is 2.23. The third-order valence-electron chi connectivity index (χ3n) is 1.39. The van der Waals surface area contributed by atoms with Crippen LogP contribution in [0.4, 0.5) is 4.39 Å². The van der Waals surface area contributed by atoms with Gasteiger partial charge in [-0.1, -0.05) is 12.1 Å². The summed E-state index contributed by atoms with van der Waals surface area (Å²) < 4.78 is 12.5. The highest BCUT2D eigenvalue weighted by molar-refractivity contribution is 5.22. The zero-order valence-corrected chi connectivity index (χ0v) is 5.73. The van der Waals surface area contributed by atoms with E-state index in [1.54, 1.807) is 13.0 Å². The van der Waals surface area contributed by atoms with Crippen LogP contribution in [0, 0.1) is 12.7 Å². The molecule has 0 spiro atoms. The zero-order chi connectivity index (χ0) is 7.56.